The Morgan fingerprint density at radius 2 is 1.73 bits per heavy atom. The molecule has 0 unspecified atom stereocenters. The van der Waals surface area contributed by atoms with Gasteiger partial charge in [0.2, 0.25) is 5.91 Å². The second-order valence-corrected chi connectivity index (χ2v) is 6.27. The Labute approximate surface area is 151 Å². The monoisotopic (exact) mass is 355 g/mol. The van der Waals surface area contributed by atoms with Gasteiger partial charge in [-0.2, -0.15) is 0 Å². The van der Waals surface area contributed by atoms with E-state index in [4.69, 9.17) is 4.74 Å². The first kappa shape index (κ1) is 19.2. The maximum absolute atomic E-state index is 12.1. The number of benzene rings is 2. The van der Waals surface area contributed by atoms with Gasteiger partial charge in [-0.15, -0.1) is 0 Å². The summed E-state index contributed by atoms with van der Waals surface area (Å²) in [5, 5.41) is 12.1. The molecule has 2 aromatic rings. The fourth-order valence-electron chi connectivity index (χ4n) is 2.25. The number of anilines is 1. The Morgan fingerprint density at radius 3 is 2.35 bits per heavy atom. The lowest BCUT2D eigenvalue weighted by molar-refractivity contribution is -0.116. The summed E-state index contributed by atoms with van der Waals surface area (Å²) in [5.74, 6) is -0.928. The minimum absolute atomic E-state index is 0.0547. The molecular formula is C20H21NO5. The lowest BCUT2D eigenvalue weighted by Crippen LogP contribution is -2.15. The molecule has 6 nitrogen and oxygen atoms in total. The summed E-state index contributed by atoms with van der Waals surface area (Å²) in [6.07, 6.45) is 0.422. The van der Waals surface area contributed by atoms with E-state index in [0.717, 1.165) is 0 Å². The predicted octanol–water partition coefficient (Wildman–Crippen LogP) is 3.42. The third-order valence-corrected chi connectivity index (χ3v) is 3.50. The van der Waals surface area contributed by atoms with Gasteiger partial charge in [-0.25, -0.2) is 4.79 Å². The van der Waals surface area contributed by atoms with Crippen LogP contribution in [-0.4, -0.2) is 29.4 Å². The second-order valence-electron chi connectivity index (χ2n) is 6.27. The van der Waals surface area contributed by atoms with Crippen molar-refractivity contribution in [2.75, 3.05) is 11.9 Å². The minimum atomic E-state index is -0.688. The minimum Gasteiger partial charge on any atom is -0.508 e. The number of ether oxygens (including phenoxy) is 1. The van der Waals surface area contributed by atoms with Crippen LogP contribution in [0.4, 0.5) is 5.69 Å². The van der Waals surface area contributed by atoms with Crippen LogP contribution in [-0.2, 0) is 9.53 Å². The first-order valence-electron chi connectivity index (χ1n) is 8.24. The van der Waals surface area contributed by atoms with E-state index in [2.05, 4.69) is 5.32 Å². The molecule has 0 saturated carbocycles. The summed E-state index contributed by atoms with van der Waals surface area (Å²) < 4.78 is 4.97. The van der Waals surface area contributed by atoms with Gasteiger partial charge in [-0.1, -0.05) is 19.9 Å². The number of aromatic hydroxyl groups is 1. The Hall–Kier alpha value is -3.15. The molecule has 0 spiro atoms. The van der Waals surface area contributed by atoms with Crippen molar-refractivity contribution in [2.24, 2.45) is 5.92 Å². The molecule has 1 amide bonds. The Kier molecular flexibility index (Phi) is 6.49. The van der Waals surface area contributed by atoms with Crippen molar-refractivity contribution in [3.8, 4) is 5.75 Å². The number of Topliss-reactive ketones (excluding diaryl/α,β-unsaturated/α-hetero) is 1. The van der Waals surface area contributed by atoms with Crippen molar-refractivity contribution in [3.63, 3.8) is 0 Å². The summed E-state index contributed by atoms with van der Waals surface area (Å²) >= 11 is 0. The number of hydrogen-bond donors (Lipinski definition) is 2. The van der Waals surface area contributed by atoms with Crippen LogP contribution in [0, 0.1) is 5.92 Å². The zero-order valence-electron chi connectivity index (χ0n) is 14.7. The number of ketones is 1. The maximum Gasteiger partial charge on any atom is 0.338 e. The van der Waals surface area contributed by atoms with Crippen molar-refractivity contribution in [1.82, 2.24) is 0 Å². The SMILES string of the molecule is CC(C)CC(=O)Nc1ccc(C(=O)COC(=O)c2cccc(O)c2)cc1. The molecule has 2 N–H and O–H groups in total. The molecule has 6 heteroatoms. The average Bonchev–Trinajstić information content (AvgIpc) is 2.59. The van der Waals surface area contributed by atoms with Crippen LogP contribution in [0.25, 0.3) is 0 Å². The second kappa shape index (κ2) is 8.80. The van der Waals surface area contributed by atoms with Crippen molar-refractivity contribution >= 4 is 23.3 Å². The maximum atomic E-state index is 12.1. The lowest BCUT2D eigenvalue weighted by atomic mass is 10.1. The number of phenolic OH excluding ortho intramolecular Hbond substituents is 1. The van der Waals surface area contributed by atoms with E-state index in [-0.39, 0.29) is 28.9 Å². The first-order chi connectivity index (χ1) is 12.3. The molecular weight excluding hydrogens is 334 g/mol. The number of nitrogens with one attached hydrogen (secondary N) is 1. The third kappa shape index (κ3) is 5.73. The smallest absolute Gasteiger partial charge is 0.338 e. The lowest BCUT2D eigenvalue weighted by Gasteiger charge is -2.08. The molecule has 26 heavy (non-hydrogen) atoms. The Balaban J connectivity index is 1.89. The number of hydrogen-bond acceptors (Lipinski definition) is 5. The van der Waals surface area contributed by atoms with Gasteiger partial charge in [-0.05, 0) is 48.4 Å². The summed E-state index contributed by atoms with van der Waals surface area (Å²) in [5.41, 5.74) is 1.14. The molecule has 0 bridgehead atoms. The number of amides is 1. The van der Waals surface area contributed by atoms with E-state index in [9.17, 15) is 19.5 Å². The van der Waals surface area contributed by atoms with Crippen molar-refractivity contribution in [2.45, 2.75) is 20.3 Å². The molecule has 0 atom stereocenters. The van der Waals surface area contributed by atoms with Crippen molar-refractivity contribution in [1.29, 1.82) is 0 Å². The molecule has 2 rings (SSSR count). The topological polar surface area (TPSA) is 92.7 Å². The van der Waals surface area contributed by atoms with Crippen LogP contribution in [0.15, 0.2) is 48.5 Å². The van der Waals surface area contributed by atoms with Crippen LogP contribution in [0.1, 0.15) is 41.0 Å². The Morgan fingerprint density at radius 1 is 1.04 bits per heavy atom. The van der Waals surface area contributed by atoms with E-state index in [1.165, 1.54) is 24.3 Å². The average molecular weight is 355 g/mol. The molecule has 0 radical (unpaired) electrons. The normalized spacial score (nSPS) is 10.4. The van der Waals surface area contributed by atoms with Crippen LogP contribution in [0.5, 0.6) is 5.75 Å². The predicted molar refractivity (Wildman–Crippen MR) is 97.2 cm³/mol. The van der Waals surface area contributed by atoms with Gasteiger partial charge in [0.1, 0.15) is 5.75 Å². The standard InChI is InChI=1S/C20H21NO5/c1-13(2)10-19(24)21-16-8-6-14(7-9-16)18(23)12-26-20(25)15-4-3-5-17(22)11-15/h3-9,11,13,22H,10,12H2,1-2H3,(H,21,24). The molecule has 0 aliphatic carbocycles. The highest BCUT2D eigenvalue weighted by Gasteiger charge is 2.13. The van der Waals surface area contributed by atoms with Crippen LogP contribution in [0.3, 0.4) is 0 Å². The van der Waals surface area contributed by atoms with E-state index in [0.29, 0.717) is 17.7 Å². The largest absolute Gasteiger partial charge is 0.508 e. The zero-order valence-corrected chi connectivity index (χ0v) is 14.7. The number of esters is 1. The number of rotatable bonds is 7. The first-order valence-corrected chi connectivity index (χ1v) is 8.24. The summed E-state index contributed by atoms with van der Waals surface area (Å²) in [6.45, 7) is 3.51. The van der Waals surface area contributed by atoms with Gasteiger partial charge in [0.15, 0.2) is 12.4 Å². The highest BCUT2D eigenvalue weighted by molar-refractivity contribution is 6.00. The molecule has 0 aliphatic heterocycles. The number of phenols is 1. The van der Waals surface area contributed by atoms with Crippen molar-refractivity contribution in [3.05, 3.63) is 59.7 Å². The van der Waals surface area contributed by atoms with E-state index in [1.807, 2.05) is 13.8 Å². The third-order valence-electron chi connectivity index (χ3n) is 3.50. The highest BCUT2D eigenvalue weighted by atomic mass is 16.5. The quantitative estimate of drug-likeness (QED) is 0.586. The molecule has 2 aromatic carbocycles. The van der Waals surface area contributed by atoms with E-state index in [1.54, 1.807) is 24.3 Å². The molecule has 0 aliphatic rings. The van der Waals surface area contributed by atoms with Crippen LogP contribution < -0.4 is 5.32 Å². The van der Waals surface area contributed by atoms with Gasteiger partial charge in [0.25, 0.3) is 0 Å². The fraction of sp³-hybridized carbons (Fsp3) is 0.250. The number of carbonyl (C=O) groups excluding carboxylic acids is 3. The van der Waals surface area contributed by atoms with Crippen LogP contribution >= 0.6 is 0 Å². The summed E-state index contributed by atoms with van der Waals surface area (Å²) in [4.78, 5) is 35.7. The molecule has 0 fully saturated rings. The summed E-state index contributed by atoms with van der Waals surface area (Å²) in [6, 6.07) is 12.1. The highest BCUT2D eigenvalue weighted by Crippen LogP contribution is 2.14. The van der Waals surface area contributed by atoms with Gasteiger partial charge < -0.3 is 15.2 Å². The van der Waals surface area contributed by atoms with Gasteiger partial charge in [-0.3, -0.25) is 9.59 Å². The molecule has 136 valence electrons. The van der Waals surface area contributed by atoms with Crippen molar-refractivity contribution < 1.29 is 24.2 Å². The number of carbonyl (C=O) groups is 3. The molecule has 0 heterocycles. The summed E-state index contributed by atoms with van der Waals surface area (Å²) in [7, 11) is 0. The van der Waals surface area contributed by atoms with E-state index < -0.39 is 12.6 Å². The van der Waals surface area contributed by atoms with Gasteiger partial charge in [0.05, 0.1) is 5.56 Å². The van der Waals surface area contributed by atoms with Gasteiger partial charge in [0, 0.05) is 17.7 Å². The van der Waals surface area contributed by atoms with Crippen LogP contribution in [0.2, 0.25) is 0 Å². The fourth-order valence-corrected chi connectivity index (χ4v) is 2.25. The molecule has 0 saturated heterocycles. The Bertz CT molecular complexity index is 796. The van der Waals surface area contributed by atoms with E-state index >= 15 is 0 Å². The van der Waals surface area contributed by atoms with Gasteiger partial charge >= 0.3 is 5.97 Å². The zero-order chi connectivity index (χ0) is 19.1. The molecule has 0 aromatic heterocycles.